The lowest BCUT2D eigenvalue weighted by Crippen LogP contribution is -2.39. The van der Waals surface area contributed by atoms with Gasteiger partial charge in [0.15, 0.2) is 5.75 Å². The average Bonchev–Trinajstić information content (AvgIpc) is 2.66. The molecule has 0 spiro atoms. The van der Waals surface area contributed by atoms with Gasteiger partial charge in [0.1, 0.15) is 22.1 Å². The van der Waals surface area contributed by atoms with Gasteiger partial charge in [-0.1, -0.05) is 29.6 Å². The molecule has 0 amide bonds. The monoisotopic (exact) mass is 487 g/mol. The highest BCUT2D eigenvalue weighted by Crippen LogP contribution is 2.40. The molecule has 2 aromatic rings. The van der Waals surface area contributed by atoms with Gasteiger partial charge in [0.2, 0.25) is 10.0 Å². The number of carbonyl (C=O) groups is 1. The van der Waals surface area contributed by atoms with Crippen molar-refractivity contribution in [3.05, 3.63) is 40.4 Å². The molecule has 0 radical (unpaired) electrons. The Bertz CT molecular complexity index is 1130. The van der Waals surface area contributed by atoms with E-state index in [-0.39, 0.29) is 38.2 Å². The lowest BCUT2D eigenvalue weighted by molar-refractivity contribution is -0.129. The van der Waals surface area contributed by atoms with Gasteiger partial charge in [-0.05, 0) is 44.0 Å². The van der Waals surface area contributed by atoms with Gasteiger partial charge in [-0.15, -0.1) is 0 Å². The van der Waals surface area contributed by atoms with Crippen molar-refractivity contribution < 1.29 is 28.2 Å². The maximum absolute atomic E-state index is 12.6. The van der Waals surface area contributed by atoms with E-state index in [0.717, 1.165) is 19.3 Å². The number of hydrogen-bond donors (Lipinski definition) is 4. The maximum Gasteiger partial charge on any atom is 0.351 e. The molecule has 166 valence electrons. The van der Waals surface area contributed by atoms with Crippen LogP contribution in [-0.2, 0) is 14.8 Å². The number of phenolic OH excluding ortho intramolecular Hbond substituents is 1. The number of halogens is 2. The molecule has 1 saturated carbocycles. The van der Waals surface area contributed by atoms with Crippen LogP contribution in [0, 0.1) is 0 Å². The van der Waals surface area contributed by atoms with E-state index in [2.05, 4.69) is 15.2 Å². The van der Waals surface area contributed by atoms with Crippen LogP contribution in [0.2, 0.25) is 10.0 Å². The fourth-order valence-corrected chi connectivity index (χ4v) is 4.60. The number of carboxylic acid groups (broad SMARTS) is 1. The number of rotatable bonds is 8. The number of ether oxygens (including phenoxy) is 1. The third-order valence-corrected chi connectivity index (χ3v) is 6.64. The summed E-state index contributed by atoms with van der Waals surface area (Å²) in [5.41, 5.74) is 2.68. The second kappa shape index (κ2) is 9.31. The molecule has 1 fully saturated rings. The molecular formula is C19H19Cl2N3O6S. The highest BCUT2D eigenvalue weighted by molar-refractivity contribution is 7.89. The van der Waals surface area contributed by atoms with Crippen LogP contribution in [0.15, 0.2) is 40.3 Å². The number of aromatic hydroxyl groups is 1. The highest BCUT2D eigenvalue weighted by Gasteiger charge is 2.27. The summed E-state index contributed by atoms with van der Waals surface area (Å²) in [4.78, 5) is 10.5. The van der Waals surface area contributed by atoms with Crippen molar-refractivity contribution in [3.8, 4) is 17.2 Å². The number of anilines is 1. The zero-order valence-corrected chi connectivity index (χ0v) is 18.6. The minimum Gasteiger partial charge on any atom is -0.507 e. The summed E-state index contributed by atoms with van der Waals surface area (Å²) in [6.45, 7) is 1.31. The van der Waals surface area contributed by atoms with E-state index in [9.17, 15) is 18.3 Å². The van der Waals surface area contributed by atoms with Crippen LogP contribution in [0.4, 0.5) is 5.69 Å². The van der Waals surface area contributed by atoms with E-state index >= 15 is 0 Å². The van der Waals surface area contributed by atoms with Gasteiger partial charge in [0.05, 0.1) is 15.7 Å². The van der Waals surface area contributed by atoms with E-state index in [4.69, 9.17) is 33.0 Å². The summed E-state index contributed by atoms with van der Waals surface area (Å²) in [6, 6.07) is 6.43. The largest absolute Gasteiger partial charge is 0.507 e. The maximum atomic E-state index is 12.6. The zero-order valence-electron chi connectivity index (χ0n) is 16.2. The topological polar surface area (TPSA) is 137 Å². The number of nitrogens with zero attached hydrogens (tertiary/aromatic N) is 1. The molecule has 0 unspecified atom stereocenters. The molecule has 0 saturated heterocycles. The molecule has 0 heterocycles. The van der Waals surface area contributed by atoms with E-state index in [1.807, 2.05) is 0 Å². The lowest BCUT2D eigenvalue weighted by atomic mass is 9.94. The van der Waals surface area contributed by atoms with E-state index in [1.165, 1.54) is 37.3 Å². The summed E-state index contributed by atoms with van der Waals surface area (Å²) in [5.74, 6) is -1.46. The Morgan fingerprint density at radius 1 is 1.19 bits per heavy atom. The first kappa shape index (κ1) is 23.1. The van der Waals surface area contributed by atoms with Crippen LogP contribution in [0.3, 0.4) is 0 Å². The molecule has 0 bridgehead atoms. The average molecular weight is 488 g/mol. The van der Waals surface area contributed by atoms with Crippen LogP contribution in [0.25, 0.3) is 0 Å². The third-order valence-electron chi connectivity index (χ3n) is 4.53. The Morgan fingerprint density at radius 2 is 1.84 bits per heavy atom. The van der Waals surface area contributed by atoms with Gasteiger partial charge < -0.3 is 14.9 Å². The first-order chi connectivity index (χ1) is 14.6. The van der Waals surface area contributed by atoms with Gasteiger partial charge in [-0.3, -0.25) is 5.43 Å². The van der Waals surface area contributed by atoms with E-state index < -0.39 is 21.7 Å². The Labute approximate surface area is 188 Å². The van der Waals surface area contributed by atoms with Crippen LogP contribution in [0.1, 0.15) is 26.2 Å². The number of sulfonamides is 1. The summed E-state index contributed by atoms with van der Waals surface area (Å²) in [6.07, 6.45) is 2.45. The van der Waals surface area contributed by atoms with Crippen LogP contribution >= 0.6 is 23.2 Å². The molecular weight excluding hydrogens is 469 g/mol. The minimum absolute atomic E-state index is 0.0498. The fourth-order valence-electron chi connectivity index (χ4n) is 2.62. The van der Waals surface area contributed by atoms with E-state index in [0.29, 0.717) is 5.69 Å². The summed E-state index contributed by atoms with van der Waals surface area (Å²) in [7, 11) is -3.93. The molecule has 0 aliphatic heterocycles. The molecule has 31 heavy (non-hydrogen) atoms. The van der Waals surface area contributed by atoms with Crippen molar-refractivity contribution in [2.75, 3.05) is 5.43 Å². The van der Waals surface area contributed by atoms with Crippen molar-refractivity contribution in [2.24, 2.45) is 5.10 Å². The van der Waals surface area contributed by atoms with Gasteiger partial charge >= 0.3 is 5.97 Å². The van der Waals surface area contributed by atoms with Crippen molar-refractivity contribution in [3.63, 3.8) is 0 Å². The second-order valence-electron chi connectivity index (χ2n) is 6.86. The predicted molar refractivity (Wildman–Crippen MR) is 117 cm³/mol. The lowest BCUT2D eigenvalue weighted by Gasteiger charge is -2.26. The smallest absolute Gasteiger partial charge is 0.351 e. The van der Waals surface area contributed by atoms with E-state index in [1.54, 1.807) is 0 Å². The molecule has 2 aromatic carbocycles. The van der Waals surface area contributed by atoms with Crippen molar-refractivity contribution in [1.82, 2.24) is 4.72 Å². The van der Waals surface area contributed by atoms with Gasteiger partial charge in [0, 0.05) is 12.1 Å². The molecule has 3 rings (SSSR count). The highest BCUT2D eigenvalue weighted by atomic mass is 35.5. The van der Waals surface area contributed by atoms with Gasteiger partial charge in [0.25, 0.3) is 0 Å². The summed E-state index contributed by atoms with van der Waals surface area (Å²) >= 11 is 12.4. The Morgan fingerprint density at radius 3 is 2.39 bits per heavy atom. The SMILES string of the molecule is C/C(=N/Nc1cc(Cl)c(Oc2ccc(O)c(S(=O)(=O)NC3CCC3)c2)c(Cl)c1)C(=O)O. The molecule has 0 aromatic heterocycles. The fraction of sp³-hybridized carbons (Fsp3) is 0.263. The third kappa shape index (κ3) is 5.59. The van der Waals surface area contributed by atoms with Gasteiger partial charge in [-0.2, -0.15) is 5.10 Å². The first-order valence-corrected chi connectivity index (χ1v) is 11.4. The molecule has 9 nitrogen and oxygen atoms in total. The van der Waals surface area contributed by atoms with Crippen LogP contribution < -0.4 is 14.9 Å². The molecule has 0 atom stereocenters. The molecule has 12 heteroatoms. The van der Waals surface area contributed by atoms with Crippen molar-refractivity contribution in [2.45, 2.75) is 37.1 Å². The number of hydrazone groups is 1. The van der Waals surface area contributed by atoms with Crippen molar-refractivity contribution in [1.29, 1.82) is 0 Å². The van der Waals surface area contributed by atoms with Crippen molar-refractivity contribution >= 4 is 50.6 Å². The predicted octanol–water partition coefficient (Wildman–Crippen LogP) is 4.19. The summed E-state index contributed by atoms with van der Waals surface area (Å²) < 4.78 is 33.4. The molecule has 1 aliphatic rings. The first-order valence-electron chi connectivity index (χ1n) is 9.12. The standard InChI is InChI=1S/C19H19Cl2N3O6S/c1-10(19(26)27)22-23-12-7-14(20)18(15(21)8-12)30-13-5-6-16(25)17(9-13)31(28,29)24-11-3-2-4-11/h5-9,11,23-25H,2-4H2,1H3,(H,26,27)/b22-10-. The Hall–Kier alpha value is -2.53. The Kier molecular flexibility index (Phi) is 6.95. The number of hydrogen-bond acceptors (Lipinski definition) is 7. The minimum atomic E-state index is -3.93. The number of aliphatic carboxylic acids is 1. The van der Waals surface area contributed by atoms with Crippen LogP contribution in [-0.4, -0.2) is 36.4 Å². The Balaban J connectivity index is 1.84. The number of benzene rings is 2. The number of nitrogens with one attached hydrogen (secondary N) is 2. The number of carboxylic acids is 1. The van der Waals surface area contributed by atoms with Crippen LogP contribution in [0.5, 0.6) is 17.2 Å². The van der Waals surface area contributed by atoms with Gasteiger partial charge in [-0.25, -0.2) is 17.9 Å². The molecule has 4 N–H and O–H groups in total. The normalized spacial score (nSPS) is 14.7. The number of phenols is 1. The molecule has 1 aliphatic carbocycles. The summed E-state index contributed by atoms with van der Waals surface area (Å²) in [5, 5.41) is 22.7. The zero-order chi connectivity index (χ0) is 22.8. The second-order valence-corrected chi connectivity index (χ2v) is 9.36. The quantitative estimate of drug-likeness (QED) is 0.323.